The van der Waals surface area contributed by atoms with Crippen LogP contribution in [0.2, 0.25) is 0 Å². The molecule has 19 heavy (non-hydrogen) atoms. The lowest BCUT2D eigenvalue weighted by molar-refractivity contribution is 0.413. The number of pyridine rings is 1. The molecule has 6 heteroatoms. The normalized spacial score (nSPS) is 10.8. The van der Waals surface area contributed by atoms with Gasteiger partial charge in [0.05, 0.1) is 23.5 Å². The maximum atomic E-state index is 13.7. The number of aromatic nitrogens is 2. The van der Waals surface area contributed by atoms with E-state index in [1.54, 1.807) is 25.6 Å². The smallest absolute Gasteiger partial charge is 0.181 e. The number of nitrogens with two attached hydrogens (primary N) is 1. The largest absolute Gasteiger partial charge is 0.495 e. The fraction of sp³-hybridized carbons (Fsp3) is 0.0769. The van der Waals surface area contributed by atoms with Crippen molar-refractivity contribution in [2.24, 2.45) is 0 Å². The first-order valence-corrected chi connectivity index (χ1v) is 6.34. The highest BCUT2D eigenvalue weighted by atomic mass is 32.1. The van der Waals surface area contributed by atoms with E-state index in [0.717, 1.165) is 10.3 Å². The molecule has 0 radical (unpaired) electrons. The summed E-state index contributed by atoms with van der Waals surface area (Å²) in [5.74, 6) is 0.284. The Balaban J connectivity index is 2.28. The molecule has 0 spiro atoms. The van der Waals surface area contributed by atoms with Crippen LogP contribution in [0.5, 0.6) is 5.75 Å². The van der Waals surface area contributed by atoms with Crippen molar-refractivity contribution in [1.82, 2.24) is 9.97 Å². The van der Waals surface area contributed by atoms with Gasteiger partial charge in [0.15, 0.2) is 5.13 Å². The van der Waals surface area contributed by atoms with Crippen LogP contribution in [0.1, 0.15) is 0 Å². The van der Waals surface area contributed by atoms with Crippen LogP contribution < -0.4 is 10.5 Å². The Kier molecular flexibility index (Phi) is 2.79. The zero-order chi connectivity index (χ0) is 13.4. The number of anilines is 1. The van der Waals surface area contributed by atoms with E-state index < -0.39 is 0 Å². The fourth-order valence-corrected chi connectivity index (χ4v) is 2.70. The molecule has 0 unspecified atom stereocenters. The van der Waals surface area contributed by atoms with E-state index in [1.165, 1.54) is 23.5 Å². The average Bonchev–Trinajstić information content (AvgIpc) is 2.78. The molecule has 3 rings (SSSR count). The van der Waals surface area contributed by atoms with Crippen LogP contribution in [0.15, 0.2) is 30.6 Å². The van der Waals surface area contributed by atoms with E-state index >= 15 is 0 Å². The molecule has 2 aromatic heterocycles. The lowest BCUT2D eigenvalue weighted by Crippen LogP contribution is -1.88. The number of methoxy groups -OCH3 is 1. The van der Waals surface area contributed by atoms with E-state index in [-0.39, 0.29) is 5.82 Å². The van der Waals surface area contributed by atoms with Gasteiger partial charge in [0.1, 0.15) is 11.6 Å². The predicted octanol–water partition coefficient (Wildman–Crippen LogP) is 3.09. The number of nitrogens with zero attached hydrogens (tertiary/aromatic N) is 2. The molecule has 0 saturated carbocycles. The number of rotatable bonds is 2. The number of nitrogen functional groups attached to an aromatic ring is 1. The van der Waals surface area contributed by atoms with Crippen LogP contribution in [-0.2, 0) is 0 Å². The second kappa shape index (κ2) is 4.47. The van der Waals surface area contributed by atoms with Gasteiger partial charge < -0.3 is 10.5 Å². The third-order valence-corrected chi connectivity index (χ3v) is 3.57. The maximum absolute atomic E-state index is 13.7. The quantitative estimate of drug-likeness (QED) is 0.780. The van der Waals surface area contributed by atoms with Crippen LogP contribution in [0.25, 0.3) is 21.3 Å². The summed E-state index contributed by atoms with van der Waals surface area (Å²) in [4.78, 5) is 8.32. The van der Waals surface area contributed by atoms with Crippen LogP contribution >= 0.6 is 11.3 Å². The van der Waals surface area contributed by atoms with Crippen LogP contribution in [-0.4, -0.2) is 17.1 Å². The topological polar surface area (TPSA) is 61.0 Å². The molecular weight excluding hydrogens is 265 g/mol. The van der Waals surface area contributed by atoms with Gasteiger partial charge in [0.25, 0.3) is 0 Å². The summed E-state index contributed by atoms with van der Waals surface area (Å²) in [5, 5.41) is 0.415. The Morgan fingerprint density at radius 2 is 2.11 bits per heavy atom. The average molecular weight is 275 g/mol. The summed E-state index contributed by atoms with van der Waals surface area (Å²) in [7, 11) is 1.56. The van der Waals surface area contributed by atoms with Gasteiger partial charge in [0.2, 0.25) is 0 Å². The number of ether oxygens (including phenoxy) is 1. The Morgan fingerprint density at radius 1 is 1.26 bits per heavy atom. The van der Waals surface area contributed by atoms with Gasteiger partial charge in [-0.25, -0.2) is 9.37 Å². The maximum Gasteiger partial charge on any atom is 0.181 e. The molecule has 0 aliphatic carbocycles. The molecule has 0 bridgehead atoms. The second-order valence-corrected chi connectivity index (χ2v) is 5.03. The minimum atomic E-state index is -0.325. The van der Waals surface area contributed by atoms with Crippen molar-refractivity contribution in [1.29, 1.82) is 0 Å². The van der Waals surface area contributed by atoms with E-state index in [9.17, 15) is 4.39 Å². The second-order valence-electron chi connectivity index (χ2n) is 3.97. The summed E-state index contributed by atoms with van der Waals surface area (Å²) in [6.45, 7) is 0. The van der Waals surface area contributed by atoms with Crippen molar-refractivity contribution in [3.05, 3.63) is 36.4 Å². The van der Waals surface area contributed by atoms with E-state index in [0.29, 0.717) is 22.0 Å². The molecule has 4 nitrogen and oxygen atoms in total. The van der Waals surface area contributed by atoms with E-state index in [2.05, 4.69) is 9.97 Å². The summed E-state index contributed by atoms with van der Waals surface area (Å²) in [6.07, 6.45) is 3.24. The number of fused-ring (bicyclic) bond motifs is 1. The molecule has 2 N–H and O–H groups in total. The molecule has 3 aromatic rings. The number of hydrogen-bond acceptors (Lipinski definition) is 5. The Morgan fingerprint density at radius 3 is 2.89 bits per heavy atom. The first-order valence-electron chi connectivity index (χ1n) is 5.52. The predicted molar refractivity (Wildman–Crippen MR) is 73.8 cm³/mol. The lowest BCUT2D eigenvalue weighted by Gasteiger charge is -2.05. The van der Waals surface area contributed by atoms with Gasteiger partial charge >= 0.3 is 0 Å². The van der Waals surface area contributed by atoms with Gasteiger partial charge in [-0.15, -0.1) is 0 Å². The third kappa shape index (κ3) is 2.10. The minimum Gasteiger partial charge on any atom is -0.495 e. The van der Waals surface area contributed by atoms with Crippen molar-refractivity contribution >= 4 is 26.7 Å². The summed E-state index contributed by atoms with van der Waals surface area (Å²) in [5.41, 5.74) is 7.77. The monoisotopic (exact) mass is 275 g/mol. The molecule has 96 valence electrons. The summed E-state index contributed by atoms with van der Waals surface area (Å²) < 4.78 is 19.5. The van der Waals surface area contributed by atoms with Crippen molar-refractivity contribution < 1.29 is 9.13 Å². The Labute approximate surface area is 112 Å². The molecular formula is C13H10FN3OS. The highest BCUT2D eigenvalue weighted by Crippen LogP contribution is 2.34. The minimum absolute atomic E-state index is 0.325. The molecule has 0 aliphatic rings. The number of benzene rings is 1. The van der Waals surface area contributed by atoms with Crippen molar-refractivity contribution in [2.45, 2.75) is 0 Å². The molecule has 0 fully saturated rings. The molecule has 0 saturated heterocycles. The SMILES string of the molecule is COc1cncc(-c2cc(F)cc3sc(N)nc23)c1. The van der Waals surface area contributed by atoms with Crippen molar-refractivity contribution in [2.75, 3.05) is 12.8 Å². The molecule has 2 heterocycles. The van der Waals surface area contributed by atoms with Gasteiger partial charge in [-0.1, -0.05) is 11.3 Å². The van der Waals surface area contributed by atoms with Crippen molar-refractivity contribution in [3.63, 3.8) is 0 Å². The van der Waals surface area contributed by atoms with Gasteiger partial charge in [-0.2, -0.15) is 0 Å². The van der Waals surface area contributed by atoms with Crippen LogP contribution in [0.4, 0.5) is 9.52 Å². The number of thiazole rings is 1. The lowest BCUT2D eigenvalue weighted by atomic mass is 10.1. The summed E-state index contributed by atoms with van der Waals surface area (Å²) >= 11 is 1.26. The van der Waals surface area contributed by atoms with Gasteiger partial charge in [-0.3, -0.25) is 4.98 Å². The highest BCUT2D eigenvalue weighted by Gasteiger charge is 2.12. The first-order chi connectivity index (χ1) is 9.17. The van der Waals surface area contributed by atoms with Crippen LogP contribution in [0.3, 0.4) is 0 Å². The standard InChI is InChI=1S/C13H10FN3OS/c1-18-9-2-7(5-16-6-9)10-3-8(14)4-11-12(10)17-13(15)19-11/h2-6H,1H3,(H2,15,17). The Bertz CT molecular complexity index is 757. The molecule has 0 aliphatic heterocycles. The highest BCUT2D eigenvalue weighted by molar-refractivity contribution is 7.22. The van der Waals surface area contributed by atoms with Gasteiger partial charge in [0, 0.05) is 17.3 Å². The zero-order valence-electron chi connectivity index (χ0n) is 10.1. The van der Waals surface area contributed by atoms with Crippen LogP contribution in [0, 0.1) is 5.82 Å². The zero-order valence-corrected chi connectivity index (χ0v) is 10.9. The Hall–Kier alpha value is -2.21. The first kappa shape index (κ1) is 11.9. The van der Waals surface area contributed by atoms with Gasteiger partial charge in [-0.05, 0) is 18.2 Å². The molecule has 0 amide bonds. The van der Waals surface area contributed by atoms with Crippen molar-refractivity contribution in [3.8, 4) is 16.9 Å². The van der Waals surface area contributed by atoms with E-state index in [1.807, 2.05) is 0 Å². The fourth-order valence-electron chi connectivity index (χ4n) is 1.91. The van der Waals surface area contributed by atoms with E-state index in [4.69, 9.17) is 10.5 Å². The summed E-state index contributed by atoms with van der Waals surface area (Å²) in [6, 6.07) is 4.65. The molecule has 1 aromatic carbocycles. The number of halogens is 1. The number of hydrogen-bond donors (Lipinski definition) is 1. The molecule has 0 atom stereocenters. The third-order valence-electron chi connectivity index (χ3n) is 2.74.